The van der Waals surface area contributed by atoms with Gasteiger partial charge >= 0.3 is 0 Å². The molecule has 0 bridgehead atoms. The first-order chi connectivity index (χ1) is 39.0. The molecule has 0 aromatic heterocycles. The number of amides is 6. The molecule has 5 atom stereocenters. The van der Waals surface area contributed by atoms with E-state index in [0.29, 0.717) is 81.8 Å². The lowest BCUT2D eigenvalue weighted by atomic mass is 9.83. The second-order valence-electron chi connectivity index (χ2n) is 22.7. The van der Waals surface area contributed by atoms with E-state index in [2.05, 4.69) is 45.5 Å². The maximum Gasteiger partial charge on any atom is 0.270 e. The lowest BCUT2D eigenvalue weighted by Crippen LogP contribution is -2.58. The van der Waals surface area contributed by atoms with Crippen molar-refractivity contribution in [3.05, 3.63) is 143 Å². The monoisotopic (exact) mass is 1090 g/mol. The van der Waals surface area contributed by atoms with Crippen LogP contribution in [0.2, 0.25) is 0 Å². The SMILES string of the molecule is CC[C@H](NC)C(=O)NC(C(=O)N1CCC[C@H]1CN(CCc1ccccc1)C(=O)c1ccc(-c2ccc(C(=O)N(CCc3ccccc3)C[C@@H]3CCCN3C(=O)[C@@H](NC(=O)[C@H](CC)NC)C3CCCCC3)cc2)cc1)=C1CCCCC1. The summed E-state index contributed by atoms with van der Waals surface area (Å²) in [6.07, 6.45) is 15.4. The topological polar surface area (TPSA) is 163 Å². The molecule has 14 heteroatoms. The summed E-state index contributed by atoms with van der Waals surface area (Å²) in [5.41, 5.74) is 6.59. The Morgan fingerprint density at radius 1 is 0.537 bits per heavy atom. The molecule has 14 nitrogen and oxygen atoms in total. The lowest BCUT2D eigenvalue weighted by molar-refractivity contribution is -0.139. The number of carbonyl (C=O) groups excluding carboxylic acids is 6. The van der Waals surface area contributed by atoms with Gasteiger partial charge in [0.1, 0.15) is 11.7 Å². The molecular weight excluding hydrogens is 1000 g/mol. The van der Waals surface area contributed by atoms with Crippen LogP contribution in [0, 0.1) is 5.92 Å². The molecule has 4 aromatic rings. The van der Waals surface area contributed by atoms with Crippen molar-refractivity contribution in [1.29, 1.82) is 0 Å². The summed E-state index contributed by atoms with van der Waals surface area (Å²) in [5.74, 6) is -0.662. The molecule has 80 heavy (non-hydrogen) atoms. The molecule has 4 aliphatic rings. The molecule has 4 aromatic carbocycles. The Hall–Kier alpha value is -6.64. The summed E-state index contributed by atoms with van der Waals surface area (Å²) in [6, 6.07) is 33.8. The van der Waals surface area contributed by atoms with Gasteiger partial charge in [-0.3, -0.25) is 28.8 Å². The smallest absolute Gasteiger partial charge is 0.270 e. The van der Waals surface area contributed by atoms with E-state index < -0.39 is 12.1 Å². The van der Waals surface area contributed by atoms with Crippen LogP contribution in [-0.4, -0.2) is 139 Å². The Balaban J connectivity index is 0.976. The number of benzene rings is 4. The molecule has 2 aliphatic carbocycles. The van der Waals surface area contributed by atoms with Gasteiger partial charge < -0.3 is 40.9 Å². The van der Waals surface area contributed by atoms with Crippen molar-refractivity contribution in [3.63, 3.8) is 0 Å². The van der Waals surface area contributed by atoms with Crippen molar-refractivity contribution in [2.45, 2.75) is 160 Å². The van der Waals surface area contributed by atoms with Gasteiger partial charge in [0.05, 0.1) is 12.1 Å². The number of hydrogen-bond acceptors (Lipinski definition) is 8. The fraction of sp³-hybridized carbons (Fsp3) is 0.515. The first kappa shape index (κ1) is 59.5. The fourth-order valence-corrected chi connectivity index (χ4v) is 12.7. The summed E-state index contributed by atoms with van der Waals surface area (Å²) in [4.78, 5) is 93.4. The number of likely N-dealkylation sites (tertiary alicyclic amines) is 2. The zero-order chi connectivity index (χ0) is 56.4. The van der Waals surface area contributed by atoms with Gasteiger partial charge in [0.25, 0.3) is 17.7 Å². The molecule has 0 spiro atoms. The quantitative estimate of drug-likeness (QED) is 0.0505. The van der Waals surface area contributed by atoms with Crippen molar-refractivity contribution in [2.75, 3.05) is 53.4 Å². The van der Waals surface area contributed by atoms with Crippen LogP contribution in [0.15, 0.2) is 120 Å². The third-order valence-electron chi connectivity index (χ3n) is 17.5. The highest BCUT2D eigenvalue weighted by Crippen LogP contribution is 2.32. The minimum atomic E-state index is -0.597. The molecule has 6 amide bonds. The molecule has 4 fully saturated rings. The van der Waals surface area contributed by atoms with Gasteiger partial charge in [0, 0.05) is 62.5 Å². The first-order valence-electron chi connectivity index (χ1n) is 30.2. The molecule has 2 saturated heterocycles. The average Bonchev–Trinajstić information content (AvgIpc) is 4.20. The second-order valence-corrected chi connectivity index (χ2v) is 22.7. The number of rotatable bonds is 24. The summed E-state index contributed by atoms with van der Waals surface area (Å²) in [6.45, 7) is 6.78. The second kappa shape index (κ2) is 29.7. The van der Waals surface area contributed by atoms with Gasteiger partial charge in [-0.25, -0.2) is 0 Å². The zero-order valence-corrected chi connectivity index (χ0v) is 48.1. The van der Waals surface area contributed by atoms with Crippen LogP contribution in [-0.2, 0) is 32.0 Å². The van der Waals surface area contributed by atoms with Gasteiger partial charge in [-0.2, -0.15) is 0 Å². The van der Waals surface area contributed by atoms with Gasteiger partial charge in [0.15, 0.2) is 0 Å². The number of nitrogens with zero attached hydrogens (tertiary/aromatic N) is 4. The summed E-state index contributed by atoms with van der Waals surface area (Å²) in [5, 5.41) is 12.5. The molecule has 2 aliphatic heterocycles. The molecule has 4 N–H and O–H groups in total. The van der Waals surface area contributed by atoms with Crippen molar-refractivity contribution >= 4 is 35.4 Å². The van der Waals surface area contributed by atoms with E-state index in [1.165, 1.54) is 0 Å². The molecule has 2 saturated carbocycles. The Kier molecular flexibility index (Phi) is 22.1. The minimum absolute atomic E-state index is 0.0338. The van der Waals surface area contributed by atoms with Gasteiger partial charge in [-0.15, -0.1) is 0 Å². The van der Waals surface area contributed by atoms with Crippen LogP contribution in [0.4, 0.5) is 0 Å². The predicted octanol–water partition coefficient (Wildman–Crippen LogP) is 9.10. The lowest BCUT2D eigenvalue weighted by Gasteiger charge is -2.37. The van der Waals surface area contributed by atoms with E-state index in [4.69, 9.17) is 0 Å². The third-order valence-corrected chi connectivity index (χ3v) is 17.5. The number of hydrogen-bond donors (Lipinski definition) is 4. The Labute approximate surface area is 475 Å². The van der Waals surface area contributed by atoms with Crippen molar-refractivity contribution in [3.8, 4) is 11.1 Å². The van der Waals surface area contributed by atoms with E-state index >= 15 is 0 Å². The zero-order valence-electron chi connectivity index (χ0n) is 48.1. The van der Waals surface area contributed by atoms with E-state index in [1.807, 2.05) is 118 Å². The molecule has 2 heterocycles. The Morgan fingerprint density at radius 2 is 1.00 bits per heavy atom. The molecule has 0 unspecified atom stereocenters. The highest BCUT2D eigenvalue weighted by Gasteiger charge is 2.40. The molecular formula is C66H88N8O6. The number of allylic oxidation sites excluding steroid dienone is 1. The van der Waals surface area contributed by atoms with Crippen molar-refractivity contribution in [2.24, 2.45) is 5.92 Å². The maximum absolute atomic E-state index is 14.7. The minimum Gasteiger partial charge on any atom is -0.343 e. The van der Waals surface area contributed by atoms with Crippen molar-refractivity contribution < 1.29 is 28.8 Å². The van der Waals surface area contributed by atoms with Crippen LogP contribution in [0.1, 0.15) is 148 Å². The van der Waals surface area contributed by atoms with Gasteiger partial charge in [0.2, 0.25) is 17.7 Å². The third kappa shape index (κ3) is 15.4. The molecule has 0 radical (unpaired) electrons. The predicted molar refractivity (Wildman–Crippen MR) is 316 cm³/mol. The normalized spacial score (nSPS) is 18.7. The Morgan fingerprint density at radius 3 is 1.49 bits per heavy atom. The largest absolute Gasteiger partial charge is 0.343 e. The van der Waals surface area contributed by atoms with Crippen molar-refractivity contribution in [1.82, 2.24) is 40.9 Å². The van der Waals surface area contributed by atoms with E-state index in [-0.39, 0.29) is 59.5 Å². The number of nitrogens with one attached hydrogen (secondary N) is 4. The average molecular weight is 1090 g/mol. The number of carbonyl (C=O) groups is 6. The fourth-order valence-electron chi connectivity index (χ4n) is 12.7. The summed E-state index contributed by atoms with van der Waals surface area (Å²) in [7, 11) is 3.54. The van der Waals surface area contributed by atoms with Crippen LogP contribution < -0.4 is 21.3 Å². The van der Waals surface area contributed by atoms with Gasteiger partial charge in [-0.05, 0) is 162 Å². The van der Waals surface area contributed by atoms with Crippen LogP contribution in [0.5, 0.6) is 0 Å². The highest BCUT2D eigenvalue weighted by atomic mass is 16.2. The molecule has 8 rings (SSSR count). The van der Waals surface area contributed by atoms with Gasteiger partial charge in [-0.1, -0.05) is 124 Å². The number of likely N-dealkylation sites (N-methyl/N-ethyl adjacent to an activating group) is 2. The van der Waals surface area contributed by atoms with Crippen LogP contribution in [0.25, 0.3) is 11.1 Å². The summed E-state index contributed by atoms with van der Waals surface area (Å²) < 4.78 is 0. The Bertz CT molecular complexity index is 2690. The van der Waals surface area contributed by atoms with Crippen LogP contribution in [0.3, 0.4) is 0 Å². The van der Waals surface area contributed by atoms with Crippen LogP contribution >= 0.6 is 0 Å². The maximum atomic E-state index is 14.7. The van der Waals surface area contributed by atoms with E-state index in [9.17, 15) is 28.8 Å². The highest BCUT2D eigenvalue weighted by molar-refractivity contribution is 6.00. The molecule has 428 valence electrons. The van der Waals surface area contributed by atoms with E-state index in [1.54, 1.807) is 14.1 Å². The first-order valence-corrected chi connectivity index (χ1v) is 30.2. The van der Waals surface area contributed by atoms with E-state index in [0.717, 1.165) is 118 Å². The standard InChI is InChI=1S/C66H88N8O6/c1-5-57(67-3)61(75)69-59(51-25-15-9-16-26-51)65(79)73-41-19-29-55(73)45-71(43-39-47-21-11-7-12-22-47)63(77)53-35-31-49(32-36-53)50-33-37-54(38-34-50)64(78)72(44-40-48-23-13-8-14-24-48)46-56-30-20-42-74(56)66(80)60(52-27-17-10-18-28-52)70-62(76)58(6-2)68-4/h7-8,11-14,21-24,31-38,51,55-59,67-68H,5-6,9-10,15-20,25-30,39-46H2,1-4H3,(H,69,75)(H,70,76)/t55-,56-,57-,58-,59-/m0/s1. The summed E-state index contributed by atoms with van der Waals surface area (Å²) >= 11 is 0.